The first-order valence-corrected chi connectivity index (χ1v) is 6.48. The fraction of sp³-hybridized carbons (Fsp3) is 0.692. The van der Waals surface area contributed by atoms with Crippen molar-refractivity contribution in [3.05, 3.63) is 12.2 Å². The van der Waals surface area contributed by atoms with E-state index in [9.17, 15) is 9.59 Å². The summed E-state index contributed by atoms with van der Waals surface area (Å²) in [5, 5.41) is 2.74. The number of carbonyl (C=O) groups is 2. The predicted octanol–water partition coefficient (Wildman–Crippen LogP) is 0.507. The maximum atomic E-state index is 11.7. The first kappa shape index (κ1) is 16.5. The lowest BCUT2D eigenvalue weighted by molar-refractivity contribution is -0.180. The molecule has 1 saturated heterocycles. The second-order valence-electron chi connectivity index (χ2n) is 4.78. The summed E-state index contributed by atoms with van der Waals surface area (Å²) in [6.07, 6.45) is 1.69. The third kappa shape index (κ3) is 6.03. The highest BCUT2D eigenvalue weighted by Gasteiger charge is 2.19. The molecule has 1 heterocycles. The predicted molar refractivity (Wildman–Crippen MR) is 72.1 cm³/mol. The zero-order valence-corrected chi connectivity index (χ0v) is 12.3. The minimum Gasteiger partial charge on any atom is -0.442 e. The maximum absolute atomic E-state index is 11.7. The lowest BCUT2D eigenvalue weighted by atomic mass is 10.3. The van der Waals surface area contributed by atoms with Gasteiger partial charge in [0.2, 0.25) is 5.91 Å². The van der Waals surface area contributed by atoms with E-state index in [1.54, 1.807) is 27.9 Å². The molecule has 0 saturated carbocycles. The van der Waals surface area contributed by atoms with Crippen LogP contribution >= 0.6 is 0 Å². The number of nitrogens with zero attached hydrogens (tertiary/aromatic N) is 1. The third-order valence-electron chi connectivity index (χ3n) is 2.58. The van der Waals surface area contributed by atoms with Crippen molar-refractivity contribution in [3.63, 3.8) is 0 Å². The van der Waals surface area contributed by atoms with E-state index >= 15 is 0 Å². The molecular weight excluding hydrogens is 264 g/mol. The van der Waals surface area contributed by atoms with Crippen molar-refractivity contribution >= 4 is 12.0 Å². The molecule has 114 valence electrons. The summed E-state index contributed by atoms with van der Waals surface area (Å²) >= 11 is 0. The second kappa shape index (κ2) is 7.86. The Morgan fingerprint density at radius 1 is 1.35 bits per heavy atom. The first-order chi connectivity index (χ1) is 9.38. The highest BCUT2D eigenvalue weighted by atomic mass is 16.7. The quantitative estimate of drug-likeness (QED) is 0.762. The molecule has 7 nitrogen and oxygen atoms in total. The monoisotopic (exact) mass is 286 g/mol. The van der Waals surface area contributed by atoms with E-state index in [1.165, 1.54) is 17.1 Å². The van der Waals surface area contributed by atoms with Crippen molar-refractivity contribution < 1.29 is 23.8 Å². The molecule has 2 amide bonds. The van der Waals surface area contributed by atoms with Gasteiger partial charge < -0.3 is 24.4 Å². The first-order valence-electron chi connectivity index (χ1n) is 6.48. The van der Waals surface area contributed by atoms with Crippen molar-refractivity contribution in [3.8, 4) is 0 Å². The number of rotatable bonds is 4. The smallest absolute Gasteiger partial charge is 0.409 e. The Balaban J connectivity index is 2.30. The Bertz CT molecular complexity index is 362. The Hall–Kier alpha value is -1.60. The summed E-state index contributed by atoms with van der Waals surface area (Å²) in [6, 6.07) is -0.164. The highest BCUT2D eigenvalue weighted by molar-refractivity contribution is 5.87. The van der Waals surface area contributed by atoms with Gasteiger partial charge in [-0.05, 0) is 19.9 Å². The molecule has 0 aromatic carbocycles. The van der Waals surface area contributed by atoms with Gasteiger partial charge in [-0.3, -0.25) is 4.79 Å². The van der Waals surface area contributed by atoms with E-state index < -0.39 is 12.2 Å². The Labute approximate surface area is 118 Å². The van der Waals surface area contributed by atoms with Crippen molar-refractivity contribution in [1.29, 1.82) is 0 Å². The molecule has 1 unspecified atom stereocenters. The zero-order chi connectivity index (χ0) is 15.1. The van der Waals surface area contributed by atoms with Gasteiger partial charge in [-0.15, -0.1) is 0 Å². The molecule has 1 fully saturated rings. The normalized spacial score (nSPS) is 24.2. The number of amides is 2. The van der Waals surface area contributed by atoms with E-state index in [4.69, 9.17) is 14.2 Å². The van der Waals surface area contributed by atoms with Gasteiger partial charge in [0.05, 0.1) is 19.3 Å². The lowest BCUT2D eigenvalue weighted by Crippen LogP contribution is -2.46. The molecule has 1 aliphatic rings. The van der Waals surface area contributed by atoms with Crippen LogP contribution in [0.3, 0.4) is 0 Å². The van der Waals surface area contributed by atoms with E-state index in [1.807, 2.05) is 0 Å². The molecular formula is C13H22N2O5. The Morgan fingerprint density at radius 2 is 1.95 bits per heavy atom. The molecule has 1 N–H and O–H groups in total. The molecule has 1 aliphatic heterocycles. The number of nitrogens with one attached hydrogen (secondary N) is 1. The molecule has 1 rings (SSSR count). The van der Waals surface area contributed by atoms with Crippen molar-refractivity contribution in [1.82, 2.24) is 10.2 Å². The van der Waals surface area contributed by atoms with Crippen LogP contribution in [0.15, 0.2) is 12.2 Å². The average Bonchev–Trinajstić information content (AvgIpc) is 2.39. The van der Waals surface area contributed by atoms with Crippen LogP contribution in [0.1, 0.15) is 13.8 Å². The van der Waals surface area contributed by atoms with Crippen LogP contribution in [-0.4, -0.2) is 62.6 Å². The van der Waals surface area contributed by atoms with Crippen molar-refractivity contribution in [2.24, 2.45) is 0 Å². The van der Waals surface area contributed by atoms with Crippen LogP contribution < -0.4 is 5.32 Å². The summed E-state index contributed by atoms with van der Waals surface area (Å²) in [5.74, 6) is -0.274. The van der Waals surface area contributed by atoms with Gasteiger partial charge in [-0.25, -0.2) is 4.79 Å². The van der Waals surface area contributed by atoms with Crippen molar-refractivity contribution in [2.45, 2.75) is 32.3 Å². The van der Waals surface area contributed by atoms with E-state index in [0.717, 1.165) is 0 Å². The Morgan fingerprint density at radius 3 is 2.50 bits per heavy atom. The summed E-state index contributed by atoms with van der Waals surface area (Å²) in [7, 11) is 3.19. The minimum atomic E-state index is -0.477. The Kier molecular flexibility index (Phi) is 6.47. The lowest BCUT2D eigenvalue weighted by Gasteiger charge is -2.27. The molecule has 0 aromatic heterocycles. The fourth-order valence-electron chi connectivity index (χ4n) is 1.46. The molecule has 0 radical (unpaired) electrons. The van der Waals surface area contributed by atoms with Crippen molar-refractivity contribution in [2.75, 3.05) is 27.3 Å². The summed E-state index contributed by atoms with van der Waals surface area (Å²) in [5.41, 5.74) is 0. The highest BCUT2D eigenvalue weighted by Crippen LogP contribution is 2.04. The van der Waals surface area contributed by atoms with Crippen LogP contribution in [0, 0.1) is 0 Å². The van der Waals surface area contributed by atoms with E-state index in [2.05, 4.69) is 5.32 Å². The van der Waals surface area contributed by atoms with Crippen LogP contribution in [0.25, 0.3) is 0 Å². The molecule has 0 aliphatic carbocycles. The zero-order valence-electron chi connectivity index (χ0n) is 12.3. The largest absolute Gasteiger partial charge is 0.442 e. The fourth-order valence-corrected chi connectivity index (χ4v) is 1.46. The number of carbonyl (C=O) groups excluding carboxylic acids is 2. The van der Waals surface area contributed by atoms with E-state index in [0.29, 0.717) is 13.2 Å². The molecule has 0 spiro atoms. The van der Waals surface area contributed by atoms with Gasteiger partial charge in [-0.1, -0.05) is 0 Å². The SMILES string of the molecule is CC(C=CC(=O)NC1COC(C)OC1)OC(=O)N(C)C. The van der Waals surface area contributed by atoms with Gasteiger partial charge in [0, 0.05) is 20.2 Å². The van der Waals surface area contributed by atoms with Crippen LogP contribution in [-0.2, 0) is 19.0 Å². The molecule has 0 aromatic rings. The van der Waals surface area contributed by atoms with Gasteiger partial charge in [-0.2, -0.15) is 0 Å². The van der Waals surface area contributed by atoms with Gasteiger partial charge in [0.1, 0.15) is 6.10 Å². The summed E-state index contributed by atoms with van der Waals surface area (Å²) in [6.45, 7) is 4.33. The third-order valence-corrected chi connectivity index (χ3v) is 2.58. The minimum absolute atomic E-state index is 0.164. The number of ether oxygens (including phenoxy) is 3. The van der Waals surface area contributed by atoms with Gasteiger partial charge >= 0.3 is 6.09 Å². The van der Waals surface area contributed by atoms with Gasteiger partial charge in [0.15, 0.2) is 6.29 Å². The maximum Gasteiger partial charge on any atom is 0.409 e. The molecule has 20 heavy (non-hydrogen) atoms. The summed E-state index contributed by atoms with van der Waals surface area (Å²) < 4.78 is 15.6. The topological polar surface area (TPSA) is 77.1 Å². The van der Waals surface area contributed by atoms with E-state index in [-0.39, 0.29) is 18.2 Å². The van der Waals surface area contributed by atoms with Crippen LogP contribution in [0.5, 0.6) is 0 Å². The average molecular weight is 286 g/mol. The molecule has 1 atom stereocenters. The number of hydrogen-bond donors (Lipinski definition) is 1. The van der Waals surface area contributed by atoms with Gasteiger partial charge in [0.25, 0.3) is 0 Å². The number of hydrogen-bond acceptors (Lipinski definition) is 5. The molecule has 0 bridgehead atoms. The second-order valence-corrected chi connectivity index (χ2v) is 4.78. The molecule has 7 heteroatoms. The van der Waals surface area contributed by atoms with Crippen LogP contribution in [0.2, 0.25) is 0 Å². The van der Waals surface area contributed by atoms with Crippen LogP contribution in [0.4, 0.5) is 4.79 Å². The summed E-state index contributed by atoms with van der Waals surface area (Å²) in [4.78, 5) is 24.3. The standard InChI is InChI=1S/C13H22N2O5/c1-9(20-13(17)15(3)4)5-6-12(16)14-11-7-18-10(2)19-8-11/h5-6,9-11H,7-8H2,1-4H3,(H,14,16).